The number of carbonyl (C=O) groups excluding carboxylic acids is 5. The first kappa shape index (κ1) is 54.5. The number of nitrogens with zero attached hydrogens (tertiary/aromatic N) is 4. The van der Waals surface area contributed by atoms with E-state index in [0.29, 0.717) is 37.2 Å². The van der Waals surface area contributed by atoms with E-state index in [1.807, 2.05) is 13.8 Å². The number of rotatable bonds is 18. The number of amides is 4. The number of ether oxygens (including phenoxy) is 3. The summed E-state index contributed by atoms with van der Waals surface area (Å²) >= 11 is 0. The zero-order valence-electron chi connectivity index (χ0n) is 40.0. The average molecular weight is 1010 g/mol. The van der Waals surface area contributed by atoms with Crippen LogP contribution in [-0.4, -0.2) is 142 Å². The Bertz CT molecular complexity index is 2470. The first-order valence-electron chi connectivity index (χ1n) is 22.9. The fraction of sp³-hybridized carbons (Fsp3) is 0.562. The van der Waals surface area contributed by atoms with Gasteiger partial charge in [0.05, 0.1) is 35.5 Å². The molecule has 0 bridgehead atoms. The standard InChI is InChI=1S/C27H37FN2O7S.C21H28FN3O5S/c1-26(2,3)37-24(32)11-6-20(16-28)18-36-21-7-9-22(10-8-21)38(34,35)19-30-15-14-29(17-23(30)31)25(33)27(4)12-5-13-27;1-21(7-2-8-21)20(27)24-9-10-25(19(26)13-24)15-31(28,29)18-5-3-17(4-6-18)30-14-16(11-22)12-23/h7-10,16H,5-6,11-15,17-19H2,1-4H3;3-6,11H,2,7-10,12-15,23H2,1H3/b20-16+;16-11+. The molecule has 0 unspecified atom stereocenters. The van der Waals surface area contributed by atoms with Gasteiger partial charge in [0.25, 0.3) is 0 Å². The predicted octanol–water partition coefficient (Wildman–Crippen LogP) is 5.10. The fourth-order valence-corrected chi connectivity index (χ4v) is 10.8. The van der Waals surface area contributed by atoms with E-state index in [1.165, 1.54) is 68.1 Å². The van der Waals surface area contributed by atoms with Gasteiger partial charge in [-0.05, 0) is 107 Å². The molecule has 2 N–H and O–H groups in total. The van der Waals surface area contributed by atoms with Gasteiger partial charge in [-0.3, -0.25) is 24.0 Å². The smallest absolute Gasteiger partial charge is 0.306 e. The molecule has 69 heavy (non-hydrogen) atoms. The summed E-state index contributed by atoms with van der Waals surface area (Å²) in [5.41, 5.74) is 4.49. The highest BCUT2D eigenvalue weighted by atomic mass is 32.2. The van der Waals surface area contributed by atoms with Crippen LogP contribution in [0.1, 0.15) is 86.0 Å². The molecule has 4 amide bonds. The number of carbonyl (C=O) groups is 5. The van der Waals surface area contributed by atoms with Gasteiger partial charge in [0.2, 0.25) is 23.6 Å². The Morgan fingerprint density at radius 1 is 0.652 bits per heavy atom. The Morgan fingerprint density at radius 3 is 1.36 bits per heavy atom. The van der Waals surface area contributed by atoms with Gasteiger partial charge < -0.3 is 39.5 Å². The normalized spacial score (nSPS) is 18.6. The molecular formula is C48H65F2N5O12S2. The second-order valence-corrected chi connectivity index (χ2v) is 23.3. The van der Waals surface area contributed by atoms with Gasteiger partial charge in [0.1, 0.15) is 42.1 Å². The van der Waals surface area contributed by atoms with E-state index < -0.39 is 54.3 Å². The number of halogens is 2. The lowest BCUT2D eigenvalue weighted by Gasteiger charge is -2.43. The zero-order chi connectivity index (χ0) is 50.8. The predicted molar refractivity (Wildman–Crippen MR) is 251 cm³/mol. The van der Waals surface area contributed by atoms with E-state index in [-0.39, 0.29) is 103 Å². The summed E-state index contributed by atoms with van der Waals surface area (Å²) in [5.74, 6) is -1.50. The molecule has 2 aromatic carbocycles. The van der Waals surface area contributed by atoms with Crippen molar-refractivity contribution in [1.29, 1.82) is 0 Å². The second kappa shape index (κ2) is 23.0. The molecular weight excluding hydrogens is 941 g/mol. The summed E-state index contributed by atoms with van der Waals surface area (Å²) in [7, 11) is -7.57. The van der Waals surface area contributed by atoms with Crippen molar-refractivity contribution < 1.29 is 63.8 Å². The maximum absolute atomic E-state index is 13.2. The highest BCUT2D eigenvalue weighted by Crippen LogP contribution is 2.43. The molecule has 6 rings (SSSR count). The van der Waals surface area contributed by atoms with E-state index >= 15 is 0 Å². The molecule has 0 aromatic heterocycles. The third-order valence-corrected chi connectivity index (χ3v) is 15.9. The minimum Gasteiger partial charge on any atom is -0.489 e. The summed E-state index contributed by atoms with van der Waals surface area (Å²) in [4.78, 5) is 68.0. The number of sulfone groups is 2. The Balaban J connectivity index is 0.000000263. The number of benzene rings is 2. The van der Waals surface area contributed by atoms with Crippen molar-refractivity contribution in [2.45, 2.75) is 101 Å². The summed E-state index contributed by atoms with van der Waals surface area (Å²) < 4.78 is 93.3. The van der Waals surface area contributed by atoms with Crippen LogP contribution in [0.4, 0.5) is 8.78 Å². The van der Waals surface area contributed by atoms with Crippen LogP contribution in [0.25, 0.3) is 0 Å². The minimum absolute atomic E-state index is 0.00796. The minimum atomic E-state index is -3.82. The SMILES string of the molecule is CC(C)(C)OC(=O)CC/C(=C\F)COc1ccc(S(=O)(=O)CN2CCN(C(=O)C3(C)CCC3)CC2=O)cc1.CC1(C(=O)N2CCN(CS(=O)(=O)c3ccc(OC/C(=C/F)CN)cc3)C(=O)C2)CCC1. The van der Waals surface area contributed by atoms with Crippen LogP contribution < -0.4 is 15.2 Å². The fourth-order valence-electron chi connectivity index (χ4n) is 7.99. The molecule has 2 aliphatic heterocycles. The molecule has 4 aliphatic rings. The second-order valence-electron chi connectivity index (χ2n) is 19.4. The molecule has 2 saturated heterocycles. The van der Waals surface area contributed by atoms with Crippen molar-refractivity contribution >= 4 is 49.3 Å². The van der Waals surface area contributed by atoms with Gasteiger partial charge in [-0.1, -0.05) is 26.7 Å². The van der Waals surface area contributed by atoms with E-state index in [2.05, 4.69) is 0 Å². The van der Waals surface area contributed by atoms with Crippen LogP contribution in [0.2, 0.25) is 0 Å². The average Bonchev–Trinajstić information content (AvgIpc) is 3.28. The molecule has 4 fully saturated rings. The maximum Gasteiger partial charge on any atom is 0.306 e. The van der Waals surface area contributed by atoms with Gasteiger partial charge >= 0.3 is 5.97 Å². The molecule has 380 valence electrons. The van der Waals surface area contributed by atoms with E-state index in [1.54, 1.807) is 20.8 Å². The molecule has 2 aromatic rings. The monoisotopic (exact) mass is 1010 g/mol. The highest BCUT2D eigenvalue weighted by molar-refractivity contribution is 7.91. The molecule has 2 heterocycles. The molecule has 17 nitrogen and oxygen atoms in total. The largest absolute Gasteiger partial charge is 0.489 e. The molecule has 2 aliphatic carbocycles. The molecule has 21 heteroatoms. The first-order chi connectivity index (χ1) is 32.4. The topological polar surface area (TPSA) is 220 Å². The lowest BCUT2D eigenvalue weighted by atomic mass is 9.69. The number of nitrogens with two attached hydrogens (primary N) is 1. The van der Waals surface area contributed by atoms with Gasteiger partial charge in [0, 0.05) is 55.5 Å². The van der Waals surface area contributed by atoms with E-state index in [0.717, 1.165) is 38.5 Å². The van der Waals surface area contributed by atoms with Crippen molar-refractivity contribution in [3.05, 3.63) is 72.3 Å². The van der Waals surface area contributed by atoms with Crippen molar-refractivity contribution in [2.24, 2.45) is 16.6 Å². The van der Waals surface area contributed by atoms with Crippen molar-refractivity contribution in [1.82, 2.24) is 19.6 Å². The number of esters is 1. The number of hydrogen-bond acceptors (Lipinski definition) is 13. The van der Waals surface area contributed by atoms with E-state index in [9.17, 15) is 49.6 Å². The number of hydrogen-bond donors (Lipinski definition) is 1. The van der Waals surface area contributed by atoms with Crippen molar-refractivity contribution in [3.63, 3.8) is 0 Å². The van der Waals surface area contributed by atoms with Crippen LogP contribution in [0.5, 0.6) is 11.5 Å². The molecule has 0 atom stereocenters. The third kappa shape index (κ3) is 14.8. The zero-order valence-corrected chi connectivity index (χ0v) is 41.7. The van der Waals surface area contributed by atoms with Gasteiger partial charge in [-0.25, -0.2) is 25.6 Å². The Morgan fingerprint density at radius 2 is 1.04 bits per heavy atom. The van der Waals surface area contributed by atoms with Crippen molar-refractivity contribution in [2.75, 3.05) is 70.8 Å². The van der Waals surface area contributed by atoms with Crippen LogP contribution in [0, 0.1) is 10.8 Å². The van der Waals surface area contributed by atoms with Crippen molar-refractivity contribution in [3.8, 4) is 11.5 Å². The molecule has 0 spiro atoms. The Hall–Kier alpha value is -5.41. The molecule has 0 radical (unpaired) electrons. The van der Waals surface area contributed by atoms with Crippen LogP contribution >= 0.6 is 0 Å². The molecule has 2 saturated carbocycles. The summed E-state index contributed by atoms with van der Waals surface area (Å²) in [6.45, 7) is 9.72. The summed E-state index contributed by atoms with van der Waals surface area (Å²) in [6.07, 6.45) is 6.20. The van der Waals surface area contributed by atoms with Crippen LogP contribution in [0.15, 0.2) is 82.1 Å². The number of piperazine rings is 2. The maximum atomic E-state index is 13.2. The first-order valence-corrected chi connectivity index (χ1v) is 26.2. The third-order valence-electron chi connectivity index (χ3n) is 12.7. The Labute approximate surface area is 403 Å². The van der Waals surface area contributed by atoms with Gasteiger partial charge in [0.15, 0.2) is 19.7 Å². The van der Waals surface area contributed by atoms with Gasteiger partial charge in [-0.15, -0.1) is 0 Å². The van der Waals surface area contributed by atoms with Gasteiger partial charge in [-0.2, -0.15) is 0 Å². The van der Waals surface area contributed by atoms with Crippen LogP contribution in [-0.2, 0) is 48.4 Å². The Kier molecular flexibility index (Phi) is 18.2. The lowest BCUT2D eigenvalue weighted by Crippen LogP contribution is -2.57. The lowest BCUT2D eigenvalue weighted by molar-refractivity contribution is -0.154. The quantitative estimate of drug-likeness (QED) is 0.192. The highest BCUT2D eigenvalue weighted by Gasteiger charge is 2.45. The summed E-state index contributed by atoms with van der Waals surface area (Å²) in [6, 6.07) is 11.3. The van der Waals surface area contributed by atoms with Crippen LogP contribution in [0.3, 0.4) is 0 Å². The summed E-state index contributed by atoms with van der Waals surface area (Å²) in [5, 5.41) is 0. The van der Waals surface area contributed by atoms with E-state index in [4.69, 9.17) is 19.9 Å².